The number of aryl methyl sites for hydroxylation is 4. The van der Waals surface area contributed by atoms with E-state index < -0.39 is 6.10 Å². The zero-order valence-electron chi connectivity index (χ0n) is 13.2. The fraction of sp³-hybridized carbons (Fsp3) is 0.471. The maximum atomic E-state index is 10.6. The molecule has 1 aromatic carbocycles. The number of benzene rings is 1. The second-order valence-electron chi connectivity index (χ2n) is 5.46. The number of nitrogens with zero attached hydrogens (tertiary/aromatic N) is 2. The topological polar surface area (TPSA) is 38.0 Å². The Bertz CT molecular complexity index is 634. The molecule has 2 rings (SSSR count). The molecule has 1 atom stereocenters. The SMILES string of the molecule is CCc1nn(CC)c(CC(O)c2cc(C)ccc2C)c1Cl. The molecule has 1 unspecified atom stereocenters. The fourth-order valence-corrected chi connectivity index (χ4v) is 2.97. The Morgan fingerprint density at radius 3 is 2.62 bits per heavy atom. The van der Waals surface area contributed by atoms with Crippen LogP contribution in [0.2, 0.25) is 5.02 Å². The van der Waals surface area contributed by atoms with Gasteiger partial charge in [0.2, 0.25) is 0 Å². The zero-order valence-corrected chi connectivity index (χ0v) is 13.9. The minimum Gasteiger partial charge on any atom is -0.388 e. The summed E-state index contributed by atoms with van der Waals surface area (Å²) in [6.07, 6.45) is 0.733. The molecule has 1 N–H and O–H groups in total. The monoisotopic (exact) mass is 306 g/mol. The predicted octanol–water partition coefficient (Wildman–Crippen LogP) is 4.01. The summed E-state index contributed by atoms with van der Waals surface area (Å²) >= 11 is 6.42. The Morgan fingerprint density at radius 2 is 2.00 bits per heavy atom. The molecule has 0 aliphatic rings. The summed E-state index contributed by atoms with van der Waals surface area (Å²) in [5.41, 5.74) is 5.04. The van der Waals surface area contributed by atoms with Crippen molar-refractivity contribution >= 4 is 11.6 Å². The molecule has 0 radical (unpaired) electrons. The van der Waals surface area contributed by atoms with E-state index in [0.29, 0.717) is 11.4 Å². The van der Waals surface area contributed by atoms with Crippen molar-refractivity contribution in [3.8, 4) is 0 Å². The number of rotatable bonds is 5. The van der Waals surface area contributed by atoms with E-state index in [1.807, 2.05) is 44.5 Å². The van der Waals surface area contributed by atoms with Gasteiger partial charge in [-0.05, 0) is 38.3 Å². The first kappa shape index (κ1) is 16.1. The van der Waals surface area contributed by atoms with Gasteiger partial charge in [-0.2, -0.15) is 5.10 Å². The number of aliphatic hydroxyl groups excluding tert-OH is 1. The van der Waals surface area contributed by atoms with Crippen LogP contribution in [0.3, 0.4) is 0 Å². The van der Waals surface area contributed by atoms with Crippen LogP contribution >= 0.6 is 11.6 Å². The summed E-state index contributed by atoms with van der Waals surface area (Å²) in [6, 6.07) is 6.15. The van der Waals surface area contributed by atoms with Crippen LogP contribution in [-0.2, 0) is 19.4 Å². The van der Waals surface area contributed by atoms with Gasteiger partial charge >= 0.3 is 0 Å². The van der Waals surface area contributed by atoms with Gasteiger partial charge in [0.25, 0.3) is 0 Å². The second kappa shape index (κ2) is 6.63. The van der Waals surface area contributed by atoms with E-state index >= 15 is 0 Å². The predicted molar refractivity (Wildman–Crippen MR) is 86.9 cm³/mol. The first-order valence-corrected chi connectivity index (χ1v) is 7.84. The Balaban J connectivity index is 2.33. The molecule has 1 heterocycles. The summed E-state index contributed by atoms with van der Waals surface area (Å²) in [6.45, 7) is 8.90. The highest BCUT2D eigenvalue weighted by atomic mass is 35.5. The molecule has 0 saturated heterocycles. The second-order valence-corrected chi connectivity index (χ2v) is 5.83. The third kappa shape index (κ3) is 3.30. The van der Waals surface area contributed by atoms with Crippen LogP contribution in [0.4, 0.5) is 0 Å². The highest BCUT2D eigenvalue weighted by molar-refractivity contribution is 6.31. The molecule has 0 bridgehead atoms. The highest BCUT2D eigenvalue weighted by Gasteiger charge is 2.19. The summed E-state index contributed by atoms with van der Waals surface area (Å²) in [7, 11) is 0. The van der Waals surface area contributed by atoms with Gasteiger partial charge in [-0.25, -0.2) is 0 Å². The van der Waals surface area contributed by atoms with Gasteiger partial charge in [0.15, 0.2) is 0 Å². The molecule has 0 fully saturated rings. The Labute approximate surface area is 131 Å². The molecule has 114 valence electrons. The van der Waals surface area contributed by atoms with Crippen molar-refractivity contribution in [2.45, 2.75) is 53.2 Å². The fourth-order valence-electron chi connectivity index (χ4n) is 2.62. The number of aliphatic hydroxyl groups is 1. The number of aromatic nitrogens is 2. The zero-order chi connectivity index (χ0) is 15.6. The van der Waals surface area contributed by atoms with Gasteiger partial charge in [0.1, 0.15) is 0 Å². The van der Waals surface area contributed by atoms with E-state index in [4.69, 9.17) is 11.6 Å². The molecule has 0 aliphatic heterocycles. The van der Waals surface area contributed by atoms with Crippen LogP contribution in [0.1, 0.15) is 48.0 Å². The maximum Gasteiger partial charge on any atom is 0.0851 e. The van der Waals surface area contributed by atoms with Crippen molar-refractivity contribution in [2.75, 3.05) is 0 Å². The van der Waals surface area contributed by atoms with Gasteiger partial charge < -0.3 is 5.11 Å². The van der Waals surface area contributed by atoms with Gasteiger partial charge in [0.05, 0.1) is 22.5 Å². The minimum absolute atomic E-state index is 0.490. The average Bonchev–Trinajstić information content (AvgIpc) is 2.77. The molecule has 0 spiro atoms. The average molecular weight is 307 g/mol. The Morgan fingerprint density at radius 1 is 1.29 bits per heavy atom. The van der Waals surface area contributed by atoms with E-state index in [1.165, 1.54) is 0 Å². The van der Waals surface area contributed by atoms with Crippen LogP contribution in [0, 0.1) is 13.8 Å². The number of hydrogen-bond acceptors (Lipinski definition) is 2. The van der Waals surface area contributed by atoms with E-state index in [9.17, 15) is 5.11 Å². The summed E-state index contributed by atoms with van der Waals surface area (Å²) in [4.78, 5) is 0. The largest absolute Gasteiger partial charge is 0.388 e. The van der Waals surface area contributed by atoms with E-state index in [-0.39, 0.29) is 0 Å². The van der Waals surface area contributed by atoms with Crippen molar-refractivity contribution in [1.82, 2.24) is 9.78 Å². The summed E-state index contributed by atoms with van der Waals surface area (Å²) < 4.78 is 1.90. The van der Waals surface area contributed by atoms with Gasteiger partial charge in [-0.1, -0.05) is 42.3 Å². The summed E-state index contributed by atoms with van der Waals surface area (Å²) in [5, 5.41) is 15.8. The molecular formula is C17H23ClN2O. The lowest BCUT2D eigenvalue weighted by Crippen LogP contribution is -2.10. The minimum atomic E-state index is -0.561. The van der Waals surface area contributed by atoms with Crippen molar-refractivity contribution in [3.05, 3.63) is 51.3 Å². The van der Waals surface area contributed by atoms with Crippen molar-refractivity contribution in [1.29, 1.82) is 0 Å². The van der Waals surface area contributed by atoms with Crippen LogP contribution in [0.5, 0.6) is 0 Å². The quantitative estimate of drug-likeness (QED) is 0.906. The number of halogens is 1. The molecule has 1 aromatic heterocycles. The molecule has 2 aromatic rings. The molecule has 4 heteroatoms. The number of hydrogen-bond donors (Lipinski definition) is 1. The highest BCUT2D eigenvalue weighted by Crippen LogP contribution is 2.28. The first-order chi connectivity index (χ1) is 9.97. The van der Waals surface area contributed by atoms with Crippen molar-refractivity contribution < 1.29 is 5.11 Å². The molecule has 0 saturated carbocycles. The van der Waals surface area contributed by atoms with E-state index in [1.54, 1.807) is 0 Å². The van der Waals surface area contributed by atoms with Crippen LogP contribution in [0.25, 0.3) is 0 Å². The lowest BCUT2D eigenvalue weighted by Gasteiger charge is -2.15. The third-order valence-corrected chi connectivity index (χ3v) is 4.31. The van der Waals surface area contributed by atoms with Gasteiger partial charge in [-0.15, -0.1) is 0 Å². The normalized spacial score (nSPS) is 12.7. The van der Waals surface area contributed by atoms with Gasteiger partial charge in [0, 0.05) is 13.0 Å². The maximum absolute atomic E-state index is 10.6. The lowest BCUT2D eigenvalue weighted by atomic mass is 9.98. The van der Waals surface area contributed by atoms with Gasteiger partial charge in [-0.3, -0.25) is 4.68 Å². The molecule has 3 nitrogen and oxygen atoms in total. The third-order valence-electron chi connectivity index (χ3n) is 3.87. The van der Waals surface area contributed by atoms with E-state index in [2.05, 4.69) is 11.2 Å². The molecular weight excluding hydrogens is 284 g/mol. The first-order valence-electron chi connectivity index (χ1n) is 7.47. The standard InChI is InChI=1S/C17H23ClN2O/c1-5-14-17(18)15(20(6-2)19-14)10-16(21)13-9-11(3)7-8-12(13)4/h7-9,16,21H,5-6,10H2,1-4H3. The smallest absolute Gasteiger partial charge is 0.0851 e. The lowest BCUT2D eigenvalue weighted by molar-refractivity contribution is 0.174. The van der Waals surface area contributed by atoms with Crippen LogP contribution in [0.15, 0.2) is 18.2 Å². The van der Waals surface area contributed by atoms with E-state index in [0.717, 1.165) is 41.0 Å². The Kier molecular flexibility index (Phi) is 5.07. The molecule has 0 amide bonds. The van der Waals surface area contributed by atoms with Crippen molar-refractivity contribution in [2.24, 2.45) is 0 Å². The Hall–Kier alpha value is -1.32. The van der Waals surface area contributed by atoms with Crippen LogP contribution < -0.4 is 0 Å². The molecule has 0 aliphatic carbocycles. The summed E-state index contributed by atoms with van der Waals surface area (Å²) in [5.74, 6) is 0. The molecule has 21 heavy (non-hydrogen) atoms. The van der Waals surface area contributed by atoms with Crippen LogP contribution in [-0.4, -0.2) is 14.9 Å². The van der Waals surface area contributed by atoms with Crippen molar-refractivity contribution in [3.63, 3.8) is 0 Å².